The molecule has 9 heteroatoms. The minimum atomic E-state index is -4.75. The Labute approximate surface area is 184 Å². The second-order valence-corrected chi connectivity index (χ2v) is 8.49. The molecular formula is C23H27F4N3O2. The van der Waals surface area contributed by atoms with E-state index in [1.165, 1.54) is 0 Å². The summed E-state index contributed by atoms with van der Waals surface area (Å²) in [7, 11) is 1.86. The molecule has 0 atom stereocenters. The summed E-state index contributed by atoms with van der Waals surface area (Å²) in [5.41, 5.74) is -1.04. The Morgan fingerprint density at radius 1 is 1.09 bits per heavy atom. The molecule has 0 radical (unpaired) electrons. The maximum Gasteiger partial charge on any atom is 0.434 e. The average molecular weight is 453 g/mol. The Bertz CT molecular complexity index is 976. The van der Waals surface area contributed by atoms with Crippen molar-refractivity contribution in [3.8, 4) is 5.75 Å². The molecule has 0 unspecified atom stereocenters. The van der Waals surface area contributed by atoms with Gasteiger partial charge in [-0.1, -0.05) is 6.92 Å². The number of likely N-dealkylation sites (N-methyl/N-ethyl adjacent to an activating group) is 1. The molecule has 1 spiro atoms. The zero-order valence-electron chi connectivity index (χ0n) is 18.2. The molecule has 0 saturated carbocycles. The van der Waals surface area contributed by atoms with Crippen molar-refractivity contribution < 1.29 is 27.1 Å². The minimum Gasteiger partial charge on any atom is -0.494 e. The van der Waals surface area contributed by atoms with Crippen LogP contribution in [0, 0.1) is 5.82 Å². The molecule has 3 heterocycles. The summed E-state index contributed by atoms with van der Waals surface area (Å²) in [6, 6.07) is 8.00. The Hall–Kier alpha value is -2.55. The largest absolute Gasteiger partial charge is 0.494 e. The van der Waals surface area contributed by atoms with Crippen LogP contribution in [0.15, 0.2) is 30.3 Å². The predicted molar refractivity (Wildman–Crippen MR) is 111 cm³/mol. The molecule has 174 valence electrons. The van der Waals surface area contributed by atoms with Gasteiger partial charge in [0.05, 0.1) is 12.1 Å². The highest BCUT2D eigenvalue weighted by Gasteiger charge is 2.49. The number of alkyl halides is 3. The number of nitrogens with zero attached hydrogens (tertiary/aromatic N) is 3. The van der Waals surface area contributed by atoms with Crippen LogP contribution in [0.5, 0.6) is 5.75 Å². The summed E-state index contributed by atoms with van der Waals surface area (Å²) in [4.78, 5) is 16.7. The molecule has 32 heavy (non-hydrogen) atoms. The number of rotatable bonds is 4. The maximum atomic E-state index is 14.3. The molecule has 2 aromatic rings. The first kappa shape index (κ1) is 22.6. The predicted octanol–water partition coefficient (Wildman–Crippen LogP) is 4.51. The third kappa shape index (κ3) is 3.87. The lowest BCUT2D eigenvalue weighted by atomic mass is 9.81. The zero-order chi connectivity index (χ0) is 23.1. The van der Waals surface area contributed by atoms with Crippen LogP contribution >= 0.6 is 0 Å². The van der Waals surface area contributed by atoms with Crippen molar-refractivity contribution in [2.24, 2.45) is 0 Å². The number of aromatic nitrogens is 1. The molecule has 1 aromatic heterocycles. The van der Waals surface area contributed by atoms with Crippen LogP contribution < -0.4 is 4.74 Å². The van der Waals surface area contributed by atoms with Crippen LogP contribution in [0.25, 0.3) is 0 Å². The quantitative estimate of drug-likeness (QED) is 0.640. The monoisotopic (exact) mass is 453 g/mol. The van der Waals surface area contributed by atoms with E-state index < -0.39 is 23.2 Å². The minimum absolute atomic E-state index is 0.0848. The second kappa shape index (κ2) is 8.42. The van der Waals surface area contributed by atoms with Gasteiger partial charge < -0.3 is 14.2 Å². The summed E-state index contributed by atoms with van der Waals surface area (Å²) in [6.45, 7) is 3.85. The van der Waals surface area contributed by atoms with Gasteiger partial charge in [0, 0.05) is 37.4 Å². The van der Waals surface area contributed by atoms with Crippen LogP contribution in [0.2, 0.25) is 0 Å². The lowest BCUT2D eigenvalue weighted by molar-refractivity contribution is -0.147. The number of carbonyl (C=O) groups excluding carboxylic acids is 1. The molecule has 1 amide bonds. The number of likely N-dealkylation sites (tertiary alicyclic amines) is 1. The van der Waals surface area contributed by atoms with Crippen molar-refractivity contribution in [3.05, 3.63) is 53.1 Å². The molecule has 0 N–H and O–H groups in total. The van der Waals surface area contributed by atoms with Crippen molar-refractivity contribution in [2.75, 3.05) is 33.3 Å². The first-order chi connectivity index (χ1) is 15.2. The molecule has 4 rings (SSSR count). The van der Waals surface area contributed by atoms with Crippen molar-refractivity contribution >= 4 is 5.91 Å². The van der Waals surface area contributed by atoms with E-state index in [1.54, 1.807) is 29.2 Å². The summed E-state index contributed by atoms with van der Waals surface area (Å²) in [5, 5.41) is 0. The van der Waals surface area contributed by atoms with E-state index in [9.17, 15) is 22.4 Å². The van der Waals surface area contributed by atoms with Crippen molar-refractivity contribution in [3.63, 3.8) is 0 Å². The summed E-state index contributed by atoms with van der Waals surface area (Å²) < 4.78 is 61.3. The van der Waals surface area contributed by atoms with Gasteiger partial charge in [-0.15, -0.1) is 0 Å². The summed E-state index contributed by atoms with van der Waals surface area (Å²) in [6.07, 6.45) is -2.98. The highest BCUT2D eigenvalue weighted by molar-refractivity contribution is 5.94. The number of ether oxygens (including phenoxy) is 1. The van der Waals surface area contributed by atoms with E-state index in [1.807, 2.05) is 18.9 Å². The van der Waals surface area contributed by atoms with Crippen molar-refractivity contribution in [2.45, 2.75) is 44.4 Å². The lowest BCUT2D eigenvalue weighted by Gasteiger charge is -2.50. The fourth-order valence-corrected chi connectivity index (χ4v) is 4.90. The molecule has 5 nitrogen and oxygen atoms in total. The first-order valence-electron chi connectivity index (χ1n) is 10.9. The van der Waals surface area contributed by atoms with Gasteiger partial charge in [-0.25, -0.2) is 4.39 Å². The molecular weight excluding hydrogens is 426 g/mol. The van der Waals surface area contributed by atoms with Crippen LogP contribution in [0.3, 0.4) is 0 Å². The van der Waals surface area contributed by atoms with Gasteiger partial charge >= 0.3 is 6.18 Å². The van der Waals surface area contributed by atoms with E-state index in [-0.39, 0.29) is 12.5 Å². The molecule has 1 saturated heterocycles. The number of benzene rings is 1. The average Bonchev–Trinajstić information content (AvgIpc) is 3.13. The van der Waals surface area contributed by atoms with E-state index >= 15 is 0 Å². The Morgan fingerprint density at radius 2 is 1.75 bits per heavy atom. The molecule has 1 fully saturated rings. The van der Waals surface area contributed by atoms with Gasteiger partial charge in [-0.2, -0.15) is 13.2 Å². The fourth-order valence-electron chi connectivity index (χ4n) is 4.90. The van der Waals surface area contributed by atoms with Gasteiger partial charge in [0.15, 0.2) is 11.5 Å². The van der Waals surface area contributed by atoms with Gasteiger partial charge in [-0.05, 0) is 56.6 Å². The molecule has 2 aliphatic rings. The van der Waals surface area contributed by atoms with E-state index in [0.29, 0.717) is 56.1 Å². The van der Waals surface area contributed by atoms with Gasteiger partial charge in [-0.3, -0.25) is 9.69 Å². The summed E-state index contributed by atoms with van der Waals surface area (Å²) >= 11 is 0. The normalized spacial score (nSPS) is 18.6. The van der Waals surface area contributed by atoms with Crippen LogP contribution in [0.1, 0.15) is 47.9 Å². The van der Waals surface area contributed by atoms with E-state index in [0.717, 1.165) is 17.1 Å². The van der Waals surface area contributed by atoms with Gasteiger partial charge in [0.2, 0.25) is 0 Å². The van der Waals surface area contributed by atoms with Crippen LogP contribution in [-0.2, 0) is 18.3 Å². The highest BCUT2D eigenvalue weighted by atomic mass is 19.4. The highest BCUT2D eigenvalue weighted by Crippen LogP contribution is 2.45. The Kier molecular flexibility index (Phi) is 5.96. The number of piperidine rings is 1. The fraction of sp³-hybridized carbons (Fsp3) is 0.522. The Balaban J connectivity index is 1.52. The van der Waals surface area contributed by atoms with Gasteiger partial charge in [0.25, 0.3) is 5.91 Å². The number of hydrogen-bond donors (Lipinski definition) is 0. The number of hydrogen-bond acceptors (Lipinski definition) is 3. The third-order valence-electron chi connectivity index (χ3n) is 6.64. The lowest BCUT2D eigenvalue weighted by Crippen LogP contribution is -2.56. The van der Waals surface area contributed by atoms with E-state index in [2.05, 4.69) is 0 Å². The van der Waals surface area contributed by atoms with Crippen molar-refractivity contribution in [1.82, 2.24) is 14.4 Å². The number of halogens is 4. The van der Waals surface area contributed by atoms with Crippen LogP contribution in [-0.4, -0.2) is 53.6 Å². The zero-order valence-corrected chi connectivity index (χ0v) is 18.2. The maximum absolute atomic E-state index is 14.3. The topological polar surface area (TPSA) is 37.7 Å². The first-order valence-corrected chi connectivity index (χ1v) is 10.9. The van der Waals surface area contributed by atoms with Crippen molar-refractivity contribution in [1.29, 1.82) is 0 Å². The number of amides is 1. The molecule has 0 aliphatic carbocycles. The smallest absolute Gasteiger partial charge is 0.434 e. The SMILES string of the molecule is CCCOc1ccc(C(=O)N2CCC3(CC2)c2cc(F)c(C(F)(F)F)n2CCN3C)cc1. The molecule has 1 aromatic carbocycles. The Morgan fingerprint density at radius 3 is 2.34 bits per heavy atom. The number of carbonyl (C=O) groups is 1. The standard InChI is InChI=1S/C23H27F4N3O2/c1-3-14-32-17-6-4-16(5-7-17)21(31)29-10-8-22(9-11-29)19-15-18(24)20(23(25,26)27)30(19)13-12-28(22)2/h4-7,15H,3,8-14H2,1-2H3. The second-order valence-electron chi connectivity index (χ2n) is 8.49. The molecule has 2 aliphatic heterocycles. The number of fused-ring (bicyclic) bond motifs is 2. The van der Waals surface area contributed by atoms with E-state index in [4.69, 9.17) is 4.74 Å². The van der Waals surface area contributed by atoms with Crippen LogP contribution in [0.4, 0.5) is 17.6 Å². The summed E-state index contributed by atoms with van der Waals surface area (Å²) in [5.74, 6) is -0.656. The third-order valence-corrected chi connectivity index (χ3v) is 6.64. The molecule has 0 bridgehead atoms. The van der Waals surface area contributed by atoms with Gasteiger partial charge in [0.1, 0.15) is 5.75 Å².